The first-order valence-electron chi connectivity index (χ1n) is 8.70. The summed E-state index contributed by atoms with van der Waals surface area (Å²) >= 11 is 0. The Balaban J connectivity index is 1.69. The molecule has 1 N–H and O–H groups in total. The van der Waals surface area contributed by atoms with Crippen LogP contribution in [0.15, 0.2) is 66.7 Å². The van der Waals surface area contributed by atoms with Gasteiger partial charge in [-0.1, -0.05) is 35.4 Å². The van der Waals surface area contributed by atoms with Crippen LogP contribution in [0.25, 0.3) is 0 Å². The minimum atomic E-state index is -0.411. The van der Waals surface area contributed by atoms with Gasteiger partial charge in [-0.2, -0.15) is 0 Å². The highest BCUT2D eigenvalue weighted by molar-refractivity contribution is 6.04. The van der Waals surface area contributed by atoms with Gasteiger partial charge in [0.25, 0.3) is 5.91 Å². The average molecular weight is 359 g/mol. The summed E-state index contributed by atoms with van der Waals surface area (Å²) in [4.78, 5) is 24.6. The van der Waals surface area contributed by atoms with Gasteiger partial charge in [-0.3, -0.25) is 4.79 Å². The molecule has 0 unspecified atom stereocenters. The maximum absolute atomic E-state index is 12.4. The molecule has 136 valence electrons. The van der Waals surface area contributed by atoms with Crippen LogP contribution in [0.3, 0.4) is 0 Å². The number of amides is 1. The van der Waals surface area contributed by atoms with Gasteiger partial charge in [0.2, 0.25) is 0 Å². The number of hydrogen-bond acceptors (Lipinski definition) is 3. The van der Waals surface area contributed by atoms with Gasteiger partial charge in [0, 0.05) is 11.3 Å². The number of carbonyl (C=O) groups excluding carboxylic acids is 2. The molecule has 0 aliphatic carbocycles. The Morgan fingerprint density at radius 1 is 0.741 bits per heavy atom. The number of aryl methyl sites for hydroxylation is 3. The van der Waals surface area contributed by atoms with E-state index in [4.69, 9.17) is 4.74 Å². The van der Waals surface area contributed by atoms with Gasteiger partial charge in [0.1, 0.15) is 5.75 Å². The molecule has 1 amide bonds. The van der Waals surface area contributed by atoms with Crippen molar-refractivity contribution in [1.29, 1.82) is 0 Å². The van der Waals surface area contributed by atoms with E-state index in [0.717, 1.165) is 16.7 Å². The molecule has 3 aromatic rings. The zero-order valence-electron chi connectivity index (χ0n) is 15.6. The Morgan fingerprint density at radius 3 is 1.85 bits per heavy atom. The minimum Gasteiger partial charge on any atom is -0.423 e. The van der Waals surface area contributed by atoms with Crippen molar-refractivity contribution in [3.05, 3.63) is 94.5 Å². The van der Waals surface area contributed by atoms with Crippen molar-refractivity contribution in [2.75, 3.05) is 5.32 Å². The van der Waals surface area contributed by atoms with E-state index in [9.17, 15) is 9.59 Å². The molecule has 0 heterocycles. The summed E-state index contributed by atoms with van der Waals surface area (Å²) in [7, 11) is 0. The van der Waals surface area contributed by atoms with Crippen LogP contribution in [-0.2, 0) is 0 Å². The molecule has 0 aliphatic rings. The quantitative estimate of drug-likeness (QED) is 0.522. The molecule has 0 aromatic heterocycles. The molecule has 4 nitrogen and oxygen atoms in total. The predicted molar refractivity (Wildman–Crippen MR) is 106 cm³/mol. The summed E-state index contributed by atoms with van der Waals surface area (Å²) in [6.07, 6.45) is 0. The van der Waals surface area contributed by atoms with Crippen LogP contribution in [0.4, 0.5) is 5.69 Å². The van der Waals surface area contributed by atoms with Gasteiger partial charge in [-0.25, -0.2) is 4.79 Å². The molecule has 0 bridgehead atoms. The van der Waals surface area contributed by atoms with Gasteiger partial charge in [0.15, 0.2) is 0 Å². The highest BCUT2D eigenvalue weighted by Gasteiger charge is 2.11. The van der Waals surface area contributed by atoms with Crippen LogP contribution in [-0.4, -0.2) is 11.9 Å². The molecule has 3 aromatic carbocycles. The summed E-state index contributed by atoms with van der Waals surface area (Å²) in [5.74, 6) is -0.153. The molecule has 4 heteroatoms. The fourth-order valence-corrected chi connectivity index (χ4v) is 2.59. The van der Waals surface area contributed by atoms with Crippen LogP contribution in [0, 0.1) is 20.8 Å². The van der Waals surface area contributed by atoms with E-state index in [2.05, 4.69) is 5.32 Å². The van der Waals surface area contributed by atoms with E-state index in [-0.39, 0.29) is 5.91 Å². The van der Waals surface area contributed by atoms with E-state index >= 15 is 0 Å². The molecule has 0 saturated carbocycles. The molecule has 27 heavy (non-hydrogen) atoms. The summed E-state index contributed by atoms with van der Waals surface area (Å²) in [5.41, 5.74) is 4.75. The molecule has 0 atom stereocenters. The lowest BCUT2D eigenvalue weighted by Gasteiger charge is -2.11. The number of nitrogens with one attached hydrogen (secondary N) is 1. The number of hydrogen-bond donors (Lipinski definition) is 1. The molecular weight excluding hydrogens is 338 g/mol. The van der Waals surface area contributed by atoms with Crippen molar-refractivity contribution >= 4 is 17.6 Å². The second kappa shape index (κ2) is 7.87. The van der Waals surface area contributed by atoms with E-state index in [0.29, 0.717) is 22.6 Å². The number of rotatable bonds is 4. The topological polar surface area (TPSA) is 55.4 Å². The van der Waals surface area contributed by atoms with Crippen molar-refractivity contribution in [3.8, 4) is 5.75 Å². The van der Waals surface area contributed by atoms with Crippen LogP contribution in [0.5, 0.6) is 5.75 Å². The first-order chi connectivity index (χ1) is 12.9. The largest absolute Gasteiger partial charge is 0.423 e. The number of carbonyl (C=O) groups is 2. The van der Waals surface area contributed by atoms with Gasteiger partial charge < -0.3 is 10.1 Å². The summed E-state index contributed by atoms with van der Waals surface area (Å²) < 4.78 is 5.43. The lowest BCUT2D eigenvalue weighted by molar-refractivity contribution is 0.0734. The maximum atomic E-state index is 12.4. The van der Waals surface area contributed by atoms with Crippen molar-refractivity contribution in [2.45, 2.75) is 20.8 Å². The number of esters is 1. The van der Waals surface area contributed by atoms with E-state index in [1.807, 2.05) is 45.0 Å². The molecule has 0 fully saturated rings. The Morgan fingerprint density at radius 2 is 1.30 bits per heavy atom. The van der Waals surface area contributed by atoms with Gasteiger partial charge >= 0.3 is 5.97 Å². The van der Waals surface area contributed by atoms with Crippen molar-refractivity contribution in [1.82, 2.24) is 0 Å². The van der Waals surface area contributed by atoms with Crippen LogP contribution in [0.1, 0.15) is 37.4 Å². The van der Waals surface area contributed by atoms with Crippen LogP contribution < -0.4 is 10.1 Å². The van der Waals surface area contributed by atoms with Crippen LogP contribution in [0.2, 0.25) is 0 Å². The van der Waals surface area contributed by atoms with Crippen molar-refractivity contribution < 1.29 is 14.3 Å². The standard InChI is InChI=1S/C23H21NO3/c1-15-4-8-18(9-5-15)22(25)24-21-13-12-20(14-17(21)3)27-23(26)19-10-6-16(2)7-11-19/h4-14H,1-3H3,(H,24,25). The fraction of sp³-hybridized carbons (Fsp3) is 0.130. The average Bonchev–Trinajstić information content (AvgIpc) is 2.65. The Labute approximate surface area is 158 Å². The lowest BCUT2D eigenvalue weighted by Crippen LogP contribution is -2.13. The number of anilines is 1. The summed E-state index contributed by atoms with van der Waals surface area (Å²) in [6, 6.07) is 19.7. The Kier molecular flexibility index (Phi) is 5.36. The van der Waals surface area contributed by atoms with E-state index in [1.165, 1.54) is 0 Å². The van der Waals surface area contributed by atoms with Gasteiger partial charge in [-0.15, -0.1) is 0 Å². The first kappa shape index (κ1) is 18.4. The molecule has 0 saturated heterocycles. The van der Waals surface area contributed by atoms with Gasteiger partial charge in [-0.05, 0) is 68.8 Å². The fourth-order valence-electron chi connectivity index (χ4n) is 2.59. The molecule has 0 aliphatic heterocycles. The molecule has 3 rings (SSSR count). The zero-order chi connectivity index (χ0) is 19.4. The van der Waals surface area contributed by atoms with Crippen LogP contribution >= 0.6 is 0 Å². The Hall–Kier alpha value is -3.40. The number of benzene rings is 3. The second-order valence-electron chi connectivity index (χ2n) is 6.55. The summed E-state index contributed by atoms with van der Waals surface area (Å²) in [5, 5.41) is 2.88. The summed E-state index contributed by atoms with van der Waals surface area (Å²) in [6.45, 7) is 5.79. The normalized spacial score (nSPS) is 10.3. The third-order valence-electron chi connectivity index (χ3n) is 4.26. The smallest absolute Gasteiger partial charge is 0.343 e. The number of ether oxygens (including phenoxy) is 1. The van der Waals surface area contributed by atoms with Crippen molar-refractivity contribution in [3.63, 3.8) is 0 Å². The van der Waals surface area contributed by atoms with Gasteiger partial charge in [0.05, 0.1) is 5.56 Å². The maximum Gasteiger partial charge on any atom is 0.343 e. The first-order valence-corrected chi connectivity index (χ1v) is 8.70. The second-order valence-corrected chi connectivity index (χ2v) is 6.55. The molecule has 0 spiro atoms. The van der Waals surface area contributed by atoms with E-state index in [1.54, 1.807) is 42.5 Å². The highest BCUT2D eigenvalue weighted by Crippen LogP contribution is 2.23. The monoisotopic (exact) mass is 359 g/mol. The highest BCUT2D eigenvalue weighted by atomic mass is 16.5. The SMILES string of the molecule is Cc1ccc(C(=O)Nc2ccc(OC(=O)c3ccc(C)cc3)cc2C)cc1. The Bertz CT molecular complexity index is 974. The zero-order valence-corrected chi connectivity index (χ0v) is 15.6. The molecular formula is C23H21NO3. The predicted octanol–water partition coefficient (Wildman–Crippen LogP) is 5.08. The minimum absolute atomic E-state index is 0.178. The molecule has 0 radical (unpaired) electrons. The third kappa shape index (κ3) is 4.61. The third-order valence-corrected chi connectivity index (χ3v) is 4.26. The lowest BCUT2D eigenvalue weighted by atomic mass is 10.1. The van der Waals surface area contributed by atoms with E-state index < -0.39 is 5.97 Å². The van der Waals surface area contributed by atoms with Crippen molar-refractivity contribution in [2.24, 2.45) is 0 Å².